The second kappa shape index (κ2) is 6.31. The molecule has 1 aromatic heterocycles. The minimum Gasteiger partial charge on any atom is -0.486 e. The maximum Gasteiger partial charge on any atom is 0.178 e. The molecule has 1 heterocycles. The van der Waals surface area contributed by atoms with Gasteiger partial charge in [-0.3, -0.25) is 0 Å². The number of nitriles is 1. The molecule has 0 unspecified atom stereocenters. The normalized spacial score (nSPS) is 10.0. The van der Waals surface area contributed by atoms with E-state index in [9.17, 15) is 0 Å². The zero-order valence-electron chi connectivity index (χ0n) is 11.2. The quantitative estimate of drug-likeness (QED) is 0.801. The summed E-state index contributed by atoms with van der Waals surface area (Å²) in [5.41, 5.74) is 7.56. The monoisotopic (exact) mass is 265 g/mol. The number of hydrogen-bond donors (Lipinski definition) is 2. The van der Waals surface area contributed by atoms with Gasteiger partial charge < -0.3 is 15.8 Å². The number of rotatable bonds is 5. The summed E-state index contributed by atoms with van der Waals surface area (Å²) in [4.78, 5) is 0.491. The first-order chi connectivity index (χ1) is 8.45. The molecule has 1 aromatic rings. The van der Waals surface area contributed by atoms with Gasteiger partial charge in [0.15, 0.2) is 5.75 Å². The maximum absolute atomic E-state index is 8.99. The Morgan fingerprint density at radius 1 is 1.56 bits per heavy atom. The molecule has 1 rings (SSSR count). The molecule has 0 bridgehead atoms. The van der Waals surface area contributed by atoms with E-state index in [1.165, 1.54) is 16.9 Å². The van der Waals surface area contributed by atoms with E-state index in [0.29, 0.717) is 22.9 Å². The molecular weight excluding hydrogens is 246 g/mol. The lowest BCUT2D eigenvalue weighted by atomic mass is 10.3. The van der Waals surface area contributed by atoms with Crippen LogP contribution in [0.2, 0.25) is 0 Å². The third-order valence-electron chi connectivity index (χ3n) is 2.13. The molecule has 0 saturated carbocycles. The number of ether oxygens (including phenoxy) is 1. The molecule has 18 heavy (non-hydrogen) atoms. The minimum atomic E-state index is 0.0254. The number of thiophene rings is 1. The molecule has 0 aliphatic heterocycles. The number of allylic oxidation sites excluding steroid dienone is 1. The van der Waals surface area contributed by atoms with Crippen LogP contribution in [0.15, 0.2) is 11.6 Å². The number of nitrogen functional groups attached to an aromatic ring is 1. The van der Waals surface area contributed by atoms with Crippen molar-refractivity contribution in [2.75, 3.05) is 17.6 Å². The fourth-order valence-corrected chi connectivity index (χ4v) is 2.19. The molecule has 0 aliphatic carbocycles. The summed E-state index contributed by atoms with van der Waals surface area (Å²) in [6.45, 7) is 8.64. The molecule has 0 saturated heterocycles. The first kappa shape index (κ1) is 14.4. The fourth-order valence-electron chi connectivity index (χ4n) is 1.33. The predicted molar refractivity (Wildman–Crippen MR) is 77.1 cm³/mol. The summed E-state index contributed by atoms with van der Waals surface area (Å²) in [5.74, 6) is 0.591. The van der Waals surface area contributed by atoms with Gasteiger partial charge in [0.05, 0.1) is 6.10 Å². The molecule has 0 aliphatic rings. The van der Waals surface area contributed by atoms with Gasteiger partial charge in [0.2, 0.25) is 0 Å². The van der Waals surface area contributed by atoms with Crippen LogP contribution < -0.4 is 15.8 Å². The van der Waals surface area contributed by atoms with Crippen LogP contribution >= 0.6 is 11.3 Å². The Morgan fingerprint density at radius 3 is 2.72 bits per heavy atom. The van der Waals surface area contributed by atoms with Crippen LogP contribution in [0.5, 0.6) is 5.75 Å². The molecule has 0 spiro atoms. The Bertz CT molecular complexity index is 479. The van der Waals surface area contributed by atoms with E-state index in [4.69, 9.17) is 15.7 Å². The van der Waals surface area contributed by atoms with Gasteiger partial charge in [-0.05, 0) is 27.7 Å². The minimum absolute atomic E-state index is 0.0254. The molecule has 98 valence electrons. The Kier molecular flexibility index (Phi) is 5.05. The zero-order chi connectivity index (χ0) is 13.7. The van der Waals surface area contributed by atoms with Gasteiger partial charge in [0.1, 0.15) is 21.6 Å². The Hall–Kier alpha value is -1.67. The highest BCUT2D eigenvalue weighted by atomic mass is 32.1. The van der Waals surface area contributed by atoms with Crippen molar-refractivity contribution in [1.82, 2.24) is 0 Å². The van der Waals surface area contributed by atoms with Crippen LogP contribution in [0, 0.1) is 11.3 Å². The summed E-state index contributed by atoms with van der Waals surface area (Å²) in [7, 11) is 0. The van der Waals surface area contributed by atoms with E-state index in [1.807, 2.05) is 27.7 Å². The summed E-state index contributed by atoms with van der Waals surface area (Å²) in [6.07, 6.45) is 2.10. The van der Waals surface area contributed by atoms with Crippen molar-refractivity contribution in [2.24, 2.45) is 0 Å². The third kappa shape index (κ3) is 3.67. The highest BCUT2D eigenvalue weighted by Gasteiger charge is 2.17. The van der Waals surface area contributed by atoms with Crippen LogP contribution in [0.4, 0.5) is 10.7 Å². The van der Waals surface area contributed by atoms with Crippen molar-refractivity contribution in [3.05, 3.63) is 16.5 Å². The van der Waals surface area contributed by atoms with E-state index in [-0.39, 0.29) is 6.10 Å². The van der Waals surface area contributed by atoms with Crippen molar-refractivity contribution in [3.8, 4) is 11.8 Å². The highest BCUT2D eigenvalue weighted by molar-refractivity contribution is 7.17. The average Bonchev–Trinajstić information content (AvgIpc) is 2.56. The van der Waals surface area contributed by atoms with Crippen molar-refractivity contribution < 1.29 is 4.74 Å². The molecule has 5 heteroatoms. The second-order valence-corrected chi connectivity index (χ2v) is 5.46. The number of anilines is 2. The van der Waals surface area contributed by atoms with Gasteiger partial charge in [-0.15, -0.1) is 11.3 Å². The van der Waals surface area contributed by atoms with Crippen molar-refractivity contribution in [3.63, 3.8) is 0 Å². The summed E-state index contributed by atoms with van der Waals surface area (Å²) < 4.78 is 5.67. The summed E-state index contributed by atoms with van der Waals surface area (Å²) in [6, 6.07) is 2.09. The predicted octanol–water partition coefficient (Wildman–Crippen LogP) is 3.37. The van der Waals surface area contributed by atoms with Crippen molar-refractivity contribution in [2.45, 2.75) is 33.8 Å². The topological polar surface area (TPSA) is 71.1 Å². The third-order valence-corrected chi connectivity index (χ3v) is 3.18. The molecule has 0 aromatic carbocycles. The Balaban J connectivity index is 2.95. The van der Waals surface area contributed by atoms with Crippen LogP contribution in [-0.4, -0.2) is 12.6 Å². The lowest BCUT2D eigenvalue weighted by Gasteiger charge is -2.12. The molecule has 4 nitrogen and oxygen atoms in total. The van der Waals surface area contributed by atoms with Crippen molar-refractivity contribution >= 4 is 22.0 Å². The Morgan fingerprint density at radius 2 is 2.22 bits per heavy atom. The van der Waals surface area contributed by atoms with E-state index in [0.717, 1.165) is 5.00 Å². The van der Waals surface area contributed by atoms with Crippen LogP contribution in [0.1, 0.15) is 32.6 Å². The lowest BCUT2D eigenvalue weighted by molar-refractivity contribution is 0.246. The number of nitrogens with two attached hydrogens (primary N) is 1. The summed E-state index contributed by atoms with van der Waals surface area (Å²) in [5, 5.41) is 13.0. The van der Waals surface area contributed by atoms with E-state index in [2.05, 4.69) is 17.5 Å². The van der Waals surface area contributed by atoms with E-state index >= 15 is 0 Å². The molecular formula is C13H19N3OS. The van der Waals surface area contributed by atoms with Gasteiger partial charge in [-0.2, -0.15) is 5.26 Å². The van der Waals surface area contributed by atoms with Crippen molar-refractivity contribution in [1.29, 1.82) is 5.26 Å². The van der Waals surface area contributed by atoms with Gasteiger partial charge in [-0.1, -0.05) is 11.6 Å². The fraction of sp³-hybridized carbons (Fsp3) is 0.462. The zero-order valence-corrected chi connectivity index (χ0v) is 12.0. The lowest BCUT2D eigenvalue weighted by Crippen LogP contribution is -2.08. The molecule has 0 radical (unpaired) electrons. The van der Waals surface area contributed by atoms with Crippen LogP contribution in [0.3, 0.4) is 0 Å². The van der Waals surface area contributed by atoms with E-state index < -0.39 is 0 Å². The van der Waals surface area contributed by atoms with Gasteiger partial charge >= 0.3 is 0 Å². The largest absolute Gasteiger partial charge is 0.486 e. The molecule has 3 N–H and O–H groups in total. The van der Waals surface area contributed by atoms with Gasteiger partial charge in [-0.25, -0.2) is 0 Å². The highest BCUT2D eigenvalue weighted by Crippen LogP contribution is 2.42. The Labute approximate surface area is 112 Å². The maximum atomic E-state index is 8.99. The first-order valence-electron chi connectivity index (χ1n) is 5.82. The molecule has 0 fully saturated rings. The smallest absolute Gasteiger partial charge is 0.178 e. The SMILES string of the molecule is CC(C)=CCNc1sc(C#N)c(N)c1OC(C)C. The van der Waals surface area contributed by atoms with Crippen LogP contribution in [-0.2, 0) is 0 Å². The second-order valence-electron chi connectivity index (χ2n) is 4.44. The first-order valence-corrected chi connectivity index (χ1v) is 6.63. The summed E-state index contributed by atoms with van der Waals surface area (Å²) >= 11 is 1.33. The van der Waals surface area contributed by atoms with Gasteiger partial charge in [0, 0.05) is 6.54 Å². The number of nitrogens with one attached hydrogen (secondary N) is 1. The van der Waals surface area contributed by atoms with E-state index in [1.54, 1.807) is 0 Å². The standard InChI is InChI=1S/C13H19N3OS/c1-8(2)5-6-16-13-12(17-9(3)4)11(15)10(7-14)18-13/h5,9,16H,6,15H2,1-4H3. The van der Waals surface area contributed by atoms with Crippen LogP contribution in [0.25, 0.3) is 0 Å². The number of nitrogens with zero attached hydrogens (tertiary/aromatic N) is 1. The van der Waals surface area contributed by atoms with Gasteiger partial charge in [0.25, 0.3) is 0 Å². The molecule has 0 amide bonds. The average molecular weight is 265 g/mol. The molecule has 0 atom stereocenters. The number of hydrogen-bond acceptors (Lipinski definition) is 5.